The molecule has 0 spiro atoms. The molecule has 1 rings (SSSR count). The molecule has 19 heavy (non-hydrogen) atoms. The lowest BCUT2D eigenvalue weighted by Gasteiger charge is -2.27. The van der Waals surface area contributed by atoms with E-state index < -0.39 is 0 Å². The van der Waals surface area contributed by atoms with Crippen LogP contribution in [-0.2, 0) is 14.3 Å². The van der Waals surface area contributed by atoms with Crippen molar-refractivity contribution in [1.29, 1.82) is 0 Å². The van der Waals surface area contributed by atoms with Crippen molar-refractivity contribution >= 4 is 24.2 Å². The Morgan fingerprint density at radius 1 is 1.32 bits per heavy atom. The molecule has 1 fully saturated rings. The number of rotatable bonds is 5. The summed E-state index contributed by atoms with van der Waals surface area (Å²) in [5.74, 6) is -0.00462. The normalized spacial score (nSPS) is 16.5. The van der Waals surface area contributed by atoms with E-state index in [4.69, 9.17) is 10.5 Å². The molecule has 1 atom stereocenters. The van der Waals surface area contributed by atoms with Crippen LogP contribution in [0.5, 0.6) is 0 Å². The van der Waals surface area contributed by atoms with Gasteiger partial charge < -0.3 is 20.3 Å². The Morgan fingerprint density at radius 2 is 1.89 bits per heavy atom. The highest BCUT2D eigenvalue weighted by molar-refractivity contribution is 5.85. The van der Waals surface area contributed by atoms with E-state index in [1.165, 1.54) is 0 Å². The van der Waals surface area contributed by atoms with Crippen LogP contribution in [0, 0.1) is 0 Å². The molecule has 0 aromatic rings. The van der Waals surface area contributed by atoms with Crippen LogP contribution in [0.1, 0.15) is 19.8 Å². The maximum absolute atomic E-state index is 11.8. The lowest BCUT2D eigenvalue weighted by molar-refractivity contribution is -0.139. The lowest BCUT2D eigenvalue weighted by Crippen LogP contribution is -2.42. The first-order chi connectivity index (χ1) is 8.56. The SMILES string of the molecule is CC(CN)N(C)C(=O)CCC(=O)N1CCOCC1.Cl. The van der Waals surface area contributed by atoms with E-state index in [0.29, 0.717) is 32.8 Å². The molecular formula is C12H24ClN3O3. The second kappa shape index (κ2) is 9.12. The van der Waals surface area contributed by atoms with Gasteiger partial charge in [0.25, 0.3) is 0 Å². The minimum absolute atomic E-state index is 0. The van der Waals surface area contributed by atoms with Crippen molar-refractivity contribution in [3.05, 3.63) is 0 Å². The minimum Gasteiger partial charge on any atom is -0.378 e. The number of ether oxygens (including phenoxy) is 1. The molecule has 0 aromatic carbocycles. The zero-order valence-electron chi connectivity index (χ0n) is 11.6. The van der Waals surface area contributed by atoms with Crippen LogP contribution < -0.4 is 5.73 Å². The number of halogens is 1. The van der Waals surface area contributed by atoms with Crippen molar-refractivity contribution in [2.75, 3.05) is 39.9 Å². The number of likely N-dealkylation sites (N-methyl/N-ethyl adjacent to an activating group) is 1. The highest BCUT2D eigenvalue weighted by atomic mass is 35.5. The Morgan fingerprint density at radius 3 is 2.42 bits per heavy atom. The molecule has 0 bridgehead atoms. The molecule has 2 amide bonds. The van der Waals surface area contributed by atoms with E-state index >= 15 is 0 Å². The van der Waals surface area contributed by atoms with Gasteiger partial charge in [0.2, 0.25) is 11.8 Å². The van der Waals surface area contributed by atoms with E-state index in [9.17, 15) is 9.59 Å². The summed E-state index contributed by atoms with van der Waals surface area (Å²) in [4.78, 5) is 27.0. The van der Waals surface area contributed by atoms with Crippen molar-refractivity contribution < 1.29 is 14.3 Å². The molecule has 1 aliphatic heterocycles. The fourth-order valence-corrected chi connectivity index (χ4v) is 1.77. The molecule has 1 aliphatic rings. The summed E-state index contributed by atoms with van der Waals surface area (Å²) in [5, 5.41) is 0. The molecule has 112 valence electrons. The van der Waals surface area contributed by atoms with Crippen molar-refractivity contribution in [3.63, 3.8) is 0 Å². The maximum Gasteiger partial charge on any atom is 0.223 e. The highest BCUT2D eigenvalue weighted by Crippen LogP contribution is 2.05. The summed E-state index contributed by atoms with van der Waals surface area (Å²) in [7, 11) is 1.72. The Labute approximate surface area is 120 Å². The standard InChI is InChI=1S/C12H23N3O3.ClH/c1-10(9-13)14(2)11(16)3-4-12(17)15-5-7-18-8-6-15;/h10H,3-9,13H2,1-2H3;1H. The van der Waals surface area contributed by atoms with Gasteiger partial charge in [0.15, 0.2) is 0 Å². The third-order valence-electron chi connectivity index (χ3n) is 3.31. The van der Waals surface area contributed by atoms with Gasteiger partial charge in [0.1, 0.15) is 0 Å². The first kappa shape index (κ1) is 18.1. The fraction of sp³-hybridized carbons (Fsp3) is 0.833. The molecule has 0 aliphatic carbocycles. The van der Waals surface area contributed by atoms with Crippen LogP contribution in [0.3, 0.4) is 0 Å². The second-order valence-corrected chi connectivity index (χ2v) is 4.58. The number of morpholine rings is 1. The van der Waals surface area contributed by atoms with Crippen molar-refractivity contribution in [1.82, 2.24) is 9.80 Å². The molecule has 1 unspecified atom stereocenters. The first-order valence-electron chi connectivity index (χ1n) is 6.37. The molecule has 0 saturated carbocycles. The molecule has 0 aromatic heterocycles. The minimum atomic E-state index is -0.0328. The number of carbonyl (C=O) groups excluding carboxylic acids is 2. The van der Waals surface area contributed by atoms with E-state index in [-0.39, 0.29) is 43.1 Å². The molecule has 2 N–H and O–H groups in total. The van der Waals surface area contributed by atoms with Gasteiger partial charge >= 0.3 is 0 Å². The van der Waals surface area contributed by atoms with Gasteiger partial charge in [-0.3, -0.25) is 9.59 Å². The van der Waals surface area contributed by atoms with Gasteiger partial charge in [0, 0.05) is 45.6 Å². The van der Waals surface area contributed by atoms with Crippen molar-refractivity contribution in [3.8, 4) is 0 Å². The molecule has 6 nitrogen and oxygen atoms in total. The van der Waals surface area contributed by atoms with Crippen LogP contribution >= 0.6 is 12.4 Å². The number of nitrogens with two attached hydrogens (primary N) is 1. The van der Waals surface area contributed by atoms with Crippen molar-refractivity contribution in [2.24, 2.45) is 5.73 Å². The highest BCUT2D eigenvalue weighted by Gasteiger charge is 2.20. The molecular weight excluding hydrogens is 270 g/mol. The third-order valence-corrected chi connectivity index (χ3v) is 3.31. The number of hydrogen-bond acceptors (Lipinski definition) is 4. The predicted molar refractivity (Wildman–Crippen MR) is 75.2 cm³/mol. The van der Waals surface area contributed by atoms with Crippen LogP contribution in [0.15, 0.2) is 0 Å². The quantitative estimate of drug-likeness (QED) is 0.765. The van der Waals surface area contributed by atoms with Gasteiger partial charge in [-0.15, -0.1) is 12.4 Å². The average molecular weight is 294 g/mol. The Kier molecular flexibility index (Phi) is 8.71. The van der Waals surface area contributed by atoms with Crippen molar-refractivity contribution in [2.45, 2.75) is 25.8 Å². The third kappa shape index (κ3) is 5.76. The van der Waals surface area contributed by atoms with Gasteiger partial charge in [0.05, 0.1) is 13.2 Å². The largest absolute Gasteiger partial charge is 0.378 e. The smallest absolute Gasteiger partial charge is 0.223 e. The summed E-state index contributed by atoms with van der Waals surface area (Å²) >= 11 is 0. The summed E-state index contributed by atoms with van der Waals surface area (Å²) < 4.78 is 5.18. The Bertz CT molecular complexity index is 282. The van der Waals surface area contributed by atoms with Gasteiger partial charge in [-0.25, -0.2) is 0 Å². The summed E-state index contributed by atoms with van der Waals surface area (Å²) in [5.41, 5.74) is 5.50. The first-order valence-corrected chi connectivity index (χ1v) is 6.37. The molecule has 0 radical (unpaired) electrons. The van der Waals surface area contributed by atoms with Gasteiger partial charge in [-0.2, -0.15) is 0 Å². The lowest BCUT2D eigenvalue weighted by atomic mass is 10.2. The van der Waals surface area contributed by atoms with Crippen LogP contribution in [0.2, 0.25) is 0 Å². The number of amides is 2. The number of carbonyl (C=O) groups is 2. The van der Waals surface area contributed by atoms with Crippen LogP contribution in [0.25, 0.3) is 0 Å². The number of nitrogens with zero attached hydrogens (tertiary/aromatic N) is 2. The van der Waals surface area contributed by atoms with E-state index in [1.807, 2.05) is 6.92 Å². The average Bonchev–Trinajstić information content (AvgIpc) is 2.43. The second-order valence-electron chi connectivity index (χ2n) is 4.58. The van der Waals surface area contributed by atoms with E-state index in [0.717, 1.165) is 0 Å². The number of hydrogen-bond donors (Lipinski definition) is 1. The Balaban J connectivity index is 0.00000324. The van der Waals surface area contributed by atoms with E-state index in [1.54, 1.807) is 16.8 Å². The molecule has 1 heterocycles. The summed E-state index contributed by atoms with van der Waals surface area (Å²) in [6.07, 6.45) is 0.511. The zero-order valence-corrected chi connectivity index (χ0v) is 12.4. The van der Waals surface area contributed by atoms with Gasteiger partial charge in [-0.05, 0) is 6.92 Å². The van der Waals surface area contributed by atoms with Crippen LogP contribution in [-0.4, -0.2) is 67.6 Å². The fourth-order valence-electron chi connectivity index (χ4n) is 1.77. The zero-order chi connectivity index (χ0) is 13.5. The molecule has 7 heteroatoms. The van der Waals surface area contributed by atoms with Crippen LogP contribution in [0.4, 0.5) is 0 Å². The predicted octanol–water partition coefficient (Wildman–Crippen LogP) is -0.147. The molecule has 1 saturated heterocycles. The van der Waals surface area contributed by atoms with E-state index in [2.05, 4.69) is 0 Å². The maximum atomic E-state index is 11.8. The summed E-state index contributed by atoms with van der Waals surface area (Å²) in [6.45, 7) is 4.75. The summed E-state index contributed by atoms with van der Waals surface area (Å²) in [6, 6.07) is 0.0102. The monoisotopic (exact) mass is 293 g/mol. The Hall–Kier alpha value is -0.850. The topological polar surface area (TPSA) is 75.9 Å². The van der Waals surface area contributed by atoms with Gasteiger partial charge in [-0.1, -0.05) is 0 Å².